The van der Waals surface area contributed by atoms with E-state index < -0.39 is 0 Å². The lowest BCUT2D eigenvalue weighted by Gasteiger charge is -2.27. The van der Waals surface area contributed by atoms with Crippen molar-refractivity contribution in [3.8, 4) is 0 Å². The minimum Gasteiger partial charge on any atom is -0.355 e. The molecule has 1 aromatic heterocycles. The molecule has 2 aliphatic rings. The van der Waals surface area contributed by atoms with Crippen molar-refractivity contribution in [1.29, 1.82) is 0 Å². The van der Waals surface area contributed by atoms with Gasteiger partial charge in [-0.1, -0.05) is 24.3 Å². The van der Waals surface area contributed by atoms with E-state index in [1.165, 1.54) is 11.1 Å². The number of nitrogens with zero attached hydrogens (tertiary/aromatic N) is 3. The zero-order valence-corrected chi connectivity index (χ0v) is 15.2. The Morgan fingerprint density at radius 1 is 1.07 bits per heavy atom. The first kappa shape index (κ1) is 16.1. The minimum absolute atomic E-state index is 0.0205. The Bertz CT molecular complexity index is 1040. The molecule has 6 heteroatoms. The van der Waals surface area contributed by atoms with Gasteiger partial charge in [0.25, 0.3) is 0 Å². The summed E-state index contributed by atoms with van der Waals surface area (Å²) in [5.41, 5.74) is 6.79. The minimum atomic E-state index is -0.0628. The van der Waals surface area contributed by atoms with Crippen LogP contribution in [-0.2, 0) is 24.2 Å². The van der Waals surface area contributed by atoms with Gasteiger partial charge in [0.1, 0.15) is 12.2 Å². The number of anilines is 3. The molecule has 0 spiro atoms. The van der Waals surface area contributed by atoms with Crippen LogP contribution in [0.2, 0.25) is 0 Å². The number of hydrogen-bond donors (Lipinski definition) is 2. The zero-order valence-electron chi connectivity index (χ0n) is 15.2. The molecule has 6 nitrogen and oxygen atoms in total. The maximum Gasteiger partial charge on any atom is 0.225 e. The topological polar surface area (TPSA) is 71.8 Å². The lowest BCUT2D eigenvalue weighted by atomic mass is 9.87. The fourth-order valence-electron chi connectivity index (χ4n) is 4.17. The van der Waals surface area contributed by atoms with Gasteiger partial charge < -0.3 is 10.6 Å². The van der Waals surface area contributed by atoms with Crippen LogP contribution in [0.5, 0.6) is 0 Å². The van der Waals surface area contributed by atoms with Crippen LogP contribution in [0.4, 0.5) is 17.1 Å². The Hall–Kier alpha value is -3.15. The van der Waals surface area contributed by atoms with Gasteiger partial charge in [0.05, 0.1) is 5.92 Å². The molecule has 5 rings (SSSR count). The Balaban J connectivity index is 1.61. The number of fused-ring (bicyclic) bond motifs is 3. The maximum atomic E-state index is 12.4. The number of carbonyl (C=O) groups is 1. The summed E-state index contributed by atoms with van der Waals surface area (Å²) in [5.74, 6) is 0.817. The molecule has 27 heavy (non-hydrogen) atoms. The van der Waals surface area contributed by atoms with Gasteiger partial charge in [0.2, 0.25) is 5.91 Å². The number of hydrogen-bond acceptors (Lipinski definition) is 4. The average molecular weight is 359 g/mol. The number of amides is 1. The highest BCUT2D eigenvalue weighted by atomic mass is 16.1. The number of para-hydroxylation sites is 1. The standard InChI is InChI=1S/C21H21N5O/c1-2-26-21(22-12-23-26)16-10-20(27)25-19-11-18-14(9-15(16)19)8-7-13-5-3-4-6-17(13)24-18/h3-6,9,11-12,16,24H,2,7-8,10H2,1H3,(H,25,27). The summed E-state index contributed by atoms with van der Waals surface area (Å²) < 4.78 is 1.88. The lowest BCUT2D eigenvalue weighted by molar-refractivity contribution is -0.116. The molecule has 1 amide bonds. The van der Waals surface area contributed by atoms with Crippen LogP contribution >= 0.6 is 0 Å². The first-order valence-electron chi connectivity index (χ1n) is 9.42. The van der Waals surface area contributed by atoms with Crippen LogP contribution in [0.25, 0.3) is 0 Å². The third-order valence-corrected chi connectivity index (χ3v) is 5.52. The molecule has 1 atom stereocenters. The second-order valence-corrected chi connectivity index (χ2v) is 7.12. The van der Waals surface area contributed by atoms with Gasteiger partial charge in [-0.2, -0.15) is 5.10 Å². The number of aryl methyl sites for hydroxylation is 3. The summed E-state index contributed by atoms with van der Waals surface area (Å²) in [7, 11) is 0. The van der Waals surface area contributed by atoms with Crippen LogP contribution < -0.4 is 10.6 Å². The van der Waals surface area contributed by atoms with E-state index in [4.69, 9.17) is 0 Å². The Labute approximate surface area is 157 Å². The van der Waals surface area contributed by atoms with Gasteiger partial charge >= 0.3 is 0 Å². The predicted molar refractivity (Wildman–Crippen MR) is 104 cm³/mol. The fourth-order valence-corrected chi connectivity index (χ4v) is 4.17. The smallest absolute Gasteiger partial charge is 0.225 e. The summed E-state index contributed by atoms with van der Waals surface area (Å²) in [5, 5.41) is 10.9. The van der Waals surface area contributed by atoms with E-state index in [-0.39, 0.29) is 11.8 Å². The summed E-state index contributed by atoms with van der Waals surface area (Å²) >= 11 is 0. The van der Waals surface area contributed by atoms with Crippen LogP contribution in [0.1, 0.15) is 41.8 Å². The molecule has 2 N–H and O–H groups in total. The molecule has 2 aromatic carbocycles. The number of rotatable bonds is 2. The predicted octanol–water partition coefficient (Wildman–Crippen LogP) is 3.61. The van der Waals surface area contributed by atoms with Gasteiger partial charge in [-0.15, -0.1) is 0 Å². The van der Waals surface area contributed by atoms with Gasteiger partial charge in [0, 0.05) is 30.0 Å². The molecule has 3 heterocycles. The largest absolute Gasteiger partial charge is 0.355 e. The second-order valence-electron chi connectivity index (χ2n) is 7.12. The summed E-state index contributed by atoms with van der Waals surface area (Å²) in [6.07, 6.45) is 3.94. The molecule has 3 aromatic rings. The normalized spacial score (nSPS) is 17.8. The fraction of sp³-hybridized carbons (Fsp3) is 0.286. The number of aromatic nitrogens is 3. The van der Waals surface area contributed by atoms with E-state index in [0.717, 1.165) is 47.8 Å². The van der Waals surface area contributed by atoms with Crippen molar-refractivity contribution >= 4 is 23.0 Å². The summed E-state index contributed by atoms with van der Waals surface area (Å²) in [6.45, 7) is 2.78. The molecule has 0 bridgehead atoms. The van der Waals surface area contributed by atoms with E-state index >= 15 is 0 Å². The van der Waals surface area contributed by atoms with Crippen molar-refractivity contribution < 1.29 is 4.79 Å². The molecular formula is C21H21N5O. The number of nitrogens with one attached hydrogen (secondary N) is 2. The van der Waals surface area contributed by atoms with Crippen molar-refractivity contribution in [2.45, 2.75) is 38.6 Å². The molecule has 0 fully saturated rings. The quantitative estimate of drug-likeness (QED) is 0.733. The zero-order chi connectivity index (χ0) is 18.4. The summed E-state index contributed by atoms with van der Waals surface area (Å²) in [4.78, 5) is 16.8. The highest BCUT2D eigenvalue weighted by Gasteiger charge is 2.31. The maximum absolute atomic E-state index is 12.4. The van der Waals surface area contributed by atoms with Crippen molar-refractivity contribution in [3.05, 3.63) is 65.2 Å². The van der Waals surface area contributed by atoms with Gasteiger partial charge in [-0.25, -0.2) is 9.67 Å². The van der Waals surface area contributed by atoms with E-state index in [1.807, 2.05) is 17.7 Å². The Morgan fingerprint density at radius 3 is 2.81 bits per heavy atom. The second kappa shape index (κ2) is 6.23. The molecular weight excluding hydrogens is 338 g/mol. The molecule has 136 valence electrons. The first-order chi connectivity index (χ1) is 13.2. The number of benzene rings is 2. The third kappa shape index (κ3) is 2.68. The van der Waals surface area contributed by atoms with Crippen molar-refractivity contribution in [1.82, 2.24) is 14.8 Å². The van der Waals surface area contributed by atoms with Crippen LogP contribution in [-0.4, -0.2) is 20.7 Å². The Morgan fingerprint density at radius 2 is 1.93 bits per heavy atom. The average Bonchev–Trinajstić information content (AvgIpc) is 3.07. The summed E-state index contributed by atoms with van der Waals surface area (Å²) in [6, 6.07) is 12.7. The SMILES string of the molecule is CCn1ncnc1C1CC(=O)Nc2cc3c(cc21)CCc1ccccc1N3. The van der Waals surface area contributed by atoms with E-state index in [9.17, 15) is 4.79 Å². The molecule has 0 saturated carbocycles. The lowest BCUT2D eigenvalue weighted by Crippen LogP contribution is -2.26. The number of carbonyl (C=O) groups excluding carboxylic acids is 1. The van der Waals surface area contributed by atoms with Crippen LogP contribution in [0.3, 0.4) is 0 Å². The van der Waals surface area contributed by atoms with Gasteiger partial charge in [-0.05, 0) is 48.6 Å². The van der Waals surface area contributed by atoms with Gasteiger partial charge in [0.15, 0.2) is 0 Å². The van der Waals surface area contributed by atoms with Crippen molar-refractivity contribution in [2.24, 2.45) is 0 Å². The van der Waals surface area contributed by atoms with E-state index in [1.54, 1.807) is 6.33 Å². The highest BCUT2D eigenvalue weighted by molar-refractivity contribution is 5.96. The monoisotopic (exact) mass is 359 g/mol. The van der Waals surface area contributed by atoms with E-state index in [0.29, 0.717) is 6.42 Å². The third-order valence-electron chi connectivity index (χ3n) is 5.52. The van der Waals surface area contributed by atoms with Crippen molar-refractivity contribution in [2.75, 3.05) is 10.6 Å². The molecule has 0 saturated heterocycles. The van der Waals surface area contributed by atoms with Gasteiger partial charge in [-0.3, -0.25) is 4.79 Å². The van der Waals surface area contributed by atoms with Crippen LogP contribution in [0, 0.1) is 0 Å². The molecule has 1 unspecified atom stereocenters. The Kier molecular flexibility index (Phi) is 3.70. The first-order valence-corrected chi connectivity index (χ1v) is 9.42. The highest BCUT2D eigenvalue weighted by Crippen LogP contribution is 2.41. The van der Waals surface area contributed by atoms with Crippen molar-refractivity contribution in [3.63, 3.8) is 0 Å². The molecule has 0 radical (unpaired) electrons. The van der Waals surface area contributed by atoms with Crippen LogP contribution in [0.15, 0.2) is 42.7 Å². The molecule has 2 aliphatic heterocycles. The molecule has 0 aliphatic carbocycles. The van der Waals surface area contributed by atoms with E-state index in [2.05, 4.69) is 51.0 Å².